The number of carbonyl (C=O) groups is 1. The SMILES string of the molecule is CC(Cl)C(=O)N1CCCC(Oc2ncc(Cl)cn2)C1. The van der Waals surface area contributed by atoms with Crippen LogP contribution in [0.3, 0.4) is 0 Å². The van der Waals surface area contributed by atoms with Gasteiger partial charge in [-0.1, -0.05) is 11.6 Å². The molecule has 104 valence electrons. The van der Waals surface area contributed by atoms with E-state index in [2.05, 4.69) is 9.97 Å². The third kappa shape index (κ3) is 3.94. The Kier molecular flexibility index (Phi) is 4.82. The molecule has 1 aliphatic heterocycles. The molecule has 2 unspecified atom stereocenters. The minimum atomic E-state index is -0.509. The van der Waals surface area contributed by atoms with Gasteiger partial charge in [0.15, 0.2) is 0 Å². The molecule has 1 aliphatic rings. The normalized spacial score (nSPS) is 21.0. The average molecular weight is 304 g/mol. The lowest BCUT2D eigenvalue weighted by atomic mass is 10.1. The van der Waals surface area contributed by atoms with Gasteiger partial charge in [-0.2, -0.15) is 0 Å². The lowest BCUT2D eigenvalue weighted by Gasteiger charge is -2.32. The molecule has 1 amide bonds. The fourth-order valence-electron chi connectivity index (χ4n) is 2.00. The summed E-state index contributed by atoms with van der Waals surface area (Å²) in [6.07, 6.45) is 4.61. The minimum absolute atomic E-state index is 0.0630. The van der Waals surface area contributed by atoms with Gasteiger partial charge < -0.3 is 9.64 Å². The first kappa shape index (κ1) is 14.3. The van der Waals surface area contributed by atoms with Crippen LogP contribution in [0.1, 0.15) is 19.8 Å². The van der Waals surface area contributed by atoms with E-state index in [1.54, 1.807) is 11.8 Å². The second kappa shape index (κ2) is 6.39. The third-order valence-corrected chi connectivity index (χ3v) is 3.28. The summed E-state index contributed by atoms with van der Waals surface area (Å²) < 4.78 is 5.65. The van der Waals surface area contributed by atoms with E-state index in [0.717, 1.165) is 19.4 Å². The molecule has 0 saturated carbocycles. The fourth-order valence-corrected chi connectivity index (χ4v) is 2.23. The number of hydrogen-bond donors (Lipinski definition) is 0. The quantitative estimate of drug-likeness (QED) is 0.803. The van der Waals surface area contributed by atoms with Crippen LogP contribution in [0, 0.1) is 0 Å². The Hall–Kier alpha value is -1.07. The number of piperidine rings is 1. The van der Waals surface area contributed by atoms with Crippen LogP contribution < -0.4 is 4.74 Å². The molecule has 0 aliphatic carbocycles. The van der Waals surface area contributed by atoms with Crippen LogP contribution in [0.5, 0.6) is 6.01 Å². The largest absolute Gasteiger partial charge is 0.458 e. The highest BCUT2D eigenvalue weighted by molar-refractivity contribution is 6.30. The van der Waals surface area contributed by atoms with E-state index < -0.39 is 5.38 Å². The molecule has 0 bridgehead atoms. The standard InChI is InChI=1S/C12H15Cl2N3O2/c1-8(13)11(18)17-4-2-3-10(7-17)19-12-15-5-9(14)6-16-12/h5-6,8,10H,2-4,7H2,1H3. The first-order valence-electron chi connectivity index (χ1n) is 6.13. The lowest BCUT2D eigenvalue weighted by molar-refractivity contribution is -0.133. The van der Waals surface area contributed by atoms with Crippen molar-refractivity contribution in [3.05, 3.63) is 17.4 Å². The molecule has 5 nitrogen and oxygen atoms in total. The molecular formula is C12H15Cl2N3O2. The Morgan fingerprint density at radius 3 is 2.84 bits per heavy atom. The van der Waals surface area contributed by atoms with Gasteiger partial charge in [-0.15, -0.1) is 11.6 Å². The van der Waals surface area contributed by atoms with Crippen LogP contribution in [-0.2, 0) is 4.79 Å². The zero-order chi connectivity index (χ0) is 13.8. The van der Waals surface area contributed by atoms with Gasteiger partial charge in [-0.25, -0.2) is 9.97 Å². The second-order valence-electron chi connectivity index (χ2n) is 4.47. The molecule has 2 atom stereocenters. The predicted molar refractivity (Wildman–Crippen MR) is 72.6 cm³/mol. The summed E-state index contributed by atoms with van der Waals surface area (Å²) in [6.45, 7) is 2.91. The van der Waals surface area contributed by atoms with Gasteiger partial charge in [0, 0.05) is 6.54 Å². The van der Waals surface area contributed by atoms with Gasteiger partial charge in [-0.3, -0.25) is 4.79 Å². The molecule has 0 spiro atoms. The van der Waals surface area contributed by atoms with Crippen molar-refractivity contribution < 1.29 is 9.53 Å². The summed E-state index contributed by atoms with van der Waals surface area (Å²) in [7, 11) is 0. The fraction of sp³-hybridized carbons (Fsp3) is 0.583. The highest BCUT2D eigenvalue weighted by Gasteiger charge is 2.27. The summed E-state index contributed by atoms with van der Waals surface area (Å²) in [4.78, 5) is 21.5. The molecule has 2 rings (SSSR count). The van der Waals surface area contributed by atoms with Crippen molar-refractivity contribution in [1.29, 1.82) is 0 Å². The summed E-state index contributed by atoms with van der Waals surface area (Å²) in [5.74, 6) is -0.0630. The summed E-state index contributed by atoms with van der Waals surface area (Å²) in [5, 5.41) is -0.0469. The zero-order valence-electron chi connectivity index (χ0n) is 10.6. The van der Waals surface area contributed by atoms with Gasteiger partial charge in [0.25, 0.3) is 0 Å². The Morgan fingerprint density at radius 2 is 2.21 bits per heavy atom. The maximum absolute atomic E-state index is 11.8. The molecule has 7 heteroatoms. The molecule has 1 saturated heterocycles. The first-order chi connectivity index (χ1) is 9.06. The van der Waals surface area contributed by atoms with E-state index >= 15 is 0 Å². The minimum Gasteiger partial charge on any atom is -0.458 e. The van der Waals surface area contributed by atoms with Gasteiger partial charge in [0.1, 0.15) is 11.5 Å². The number of amides is 1. The van der Waals surface area contributed by atoms with Crippen molar-refractivity contribution in [2.24, 2.45) is 0 Å². The molecule has 1 aromatic heterocycles. The van der Waals surface area contributed by atoms with E-state index in [1.807, 2.05) is 0 Å². The Balaban J connectivity index is 1.94. The molecule has 0 radical (unpaired) electrons. The smallest absolute Gasteiger partial charge is 0.316 e. The molecule has 1 fully saturated rings. The predicted octanol–water partition coefficient (Wildman–Crippen LogP) is 2.13. The van der Waals surface area contributed by atoms with E-state index in [4.69, 9.17) is 27.9 Å². The molecule has 0 aromatic carbocycles. The van der Waals surface area contributed by atoms with Crippen LogP contribution in [0.2, 0.25) is 5.02 Å². The highest BCUT2D eigenvalue weighted by Crippen LogP contribution is 2.17. The maximum atomic E-state index is 11.8. The van der Waals surface area contributed by atoms with Crippen LogP contribution in [0.25, 0.3) is 0 Å². The second-order valence-corrected chi connectivity index (χ2v) is 5.56. The molecule has 0 N–H and O–H groups in total. The van der Waals surface area contributed by atoms with Crippen molar-refractivity contribution in [1.82, 2.24) is 14.9 Å². The van der Waals surface area contributed by atoms with Crippen molar-refractivity contribution in [2.75, 3.05) is 13.1 Å². The van der Waals surface area contributed by atoms with Crippen LogP contribution >= 0.6 is 23.2 Å². The van der Waals surface area contributed by atoms with E-state index in [0.29, 0.717) is 11.6 Å². The maximum Gasteiger partial charge on any atom is 0.316 e. The van der Waals surface area contributed by atoms with Gasteiger partial charge in [0.2, 0.25) is 5.91 Å². The number of halogens is 2. The Morgan fingerprint density at radius 1 is 1.53 bits per heavy atom. The van der Waals surface area contributed by atoms with E-state index in [-0.39, 0.29) is 18.0 Å². The number of ether oxygens (including phenoxy) is 1. The first-order valence-corrected chi connectivity index (χ1v) is 6.95. The number of rotatable bonds is 3. The van der Waals surface area contributed by atoms with Crippen molar-refractivity contribution in [2.45, 2.75) is 31.2 Å². The van der Waals surface area contributed by atoms with Gasteiger partial charge in [0.05, 0.1) is 24.0 Å². The van der Waals surface area contributed by atoms with Crippen LogP contribution in [0.4, 0.5) is 0 Å². The Bertz CT molecular complexity index is 439. The number of nitrogens with zero attached hydrogens (tertiary/aromatic N) is 3. The monoisotopic (exact) mass is 303 g/mol. The number of likely N-dealkylation sites (tertiary alicyclic amines) is 1. The highest BCUT2D eigenvalue weighted by atomic mass is 35.5. The van der Waals surface area contributed by atoms with Crippen LogP contribution in [-0.4, -0.2) is 45.3 Å². The van der Waals surface area contributed by atoms with Crippen molar-refractivity contribution >= 4 is 29.1 Å². The topological polar surface area (TPSA) is 55.3 Å². The van der Waals surface area contributed by atoms with Crippen molar-refractivity contribution in [3.63, 3.8) is 0 Å². The summed E-state index contributed by atoms with van der Waals surface area (Å²) in [5.41, 5.74) is 0. The number of alkyl halides is 1. The number of aromatic nitrogens is 2. The number of hydrogen-bond acceptors (Lipinski definition) is 4. The van der Waals surface area contributed by atoms with Crippen LogP contribution in [0.15, 0.2) is 12.4 Å². The van der Waals surface area contributed by atoms with E-state index in [9.17, 15) is 4.79 Å². The summed E-state index contributed by atoms with van der Waals surface area (Å²) >= 11 is 11.5. The Labute approximate surface area is 121 Å². The molecular weight excluding hydrogens is 289 g/mol. The summed E-state index contributed by atoms with van der Waals surface area (Å²) in [6, 6.07) is 0.280. The molecule has 1 aromatic rings. The van der Waals surface area contributed by atoms with Gasteiger partial charge in [-0.05, 0) is 19.8 Å². The van der Waals surface area contributed by atoms with Crippen molar-refractivity contribution in [3.8, 4) is 6.01 Å². The van der Waals surface area contributed by atoms with Gasteiger partial charge >= 0.3 is 6.01 Å². The lowest BCUT2D eigenvalue weighted by Crippen LogP contribution is -2.46. The third-order valence-electron chi connectivity index (χ3n) is 2.90. The van der Waals surface area contributed by atoms with E-state index in [1.165, 1.54) is 12.4 Å². The molecule has 2 heterocycles. The number of carbonyl (C=O) groups excluding carboxylic acids is 1. The molecule has 19 heavy (non-hydrogen) atoms. The average Bonchev–Trinajstić information content (AvgIpc) is 2.41. The zero-order valence-corrected chi connectivity index (χ0v) is 12.1.